The Bertz CT molecular complexity index is 922. The summed E-state index contributed by atoms with van der Waals surface area (Å²) in [5.41, 5.74) is 0. The van der Waals surface area contributed by atoms with Gasteiger partial charge in [-0.25, -0.2) is 0 Å². The number of alkyl halides is 1. The van der Waals surface area contributed by atoms with E-state index in [1.165, 1.54) is 38.5 Å². The summed E-state index contributed by atoms with van der Waals surface area (Å²) >= 11 is 3.09. The Morgan fingerprint density at radius 2 is 1.47 bits per heavy atom. The molecular weight excluding hydrogens is 341 g/mol. The zero-order chi connectivity index (χ0) is 9.51. The standard InChI is InChI=1S/C7H9IN.C5H5.Fe/c1-9(2)7-5-3-4-6(7)8;1-2-4-5-3-1;/h3-5H,1-2H3;1-5H;. The van der Waals surface area contributed by atoms with Crippen molar-refractivity contribution in [3.05, 3.63) is 0 Å². The summed E-state index contributed by atoms with van der Waals surface area (Å²) in [4.78, 5) is 14.5. The van der Waals surface area contributed by atoms with Crippen LogP contribution in [0.25, 0.3) is 0 Å². The molecule has 0 aromatic carbocycles. The van der Waals surface area contributed by atoms with Crippen LogP contribution >= 0.6 is 22.6 Å². The van der Waals surface area contributed by atoms with Gasteiger partial charge in [0.25, 0.3) is 0 Å². The van der Waals surface area contributed by atoms with Gasteiger partial charge < -0.3 is 0 Å². The van der Waals surface area contributed by atoms with E-state index >= 15 is 0 Å². The molecule has 0 bridgehead atoms. The van der Waals surface area contributed by atoms with Crippen molar-refractivity contribution < 1.29 is 6.51 Å². The van der Waals surface area contributed by atoms with E-state index in [-0.39, 0.29) is 0 Å². The minimum atomic E-state index is -2.85. The predicted octanol–water partition coefficient (Wildman–Crippen LogP) is 3.19. The maximum atomic E-state index is 3.09. The van der Waals surface area contributed by atoms with Gasteiger partial charge in [-0.1, -0.05) is 0 Å². The normalized spacial score (nSPS) is 139. The first-order chi connectivity index (χ1) is 6.88. The Balaban J connectivity index is 1.91. The molecular formula is C12H14FeIN. The number of hydrogen-bond donors (Lipinski definition) is 0. The van der Waals surface area contributed by atoms with Crippen molar-refractivity contribution in [3.8, 4) is 0 Å². The molecule has 5 atom stereocenters. The number of hydrogen-bond acceptors (Lipinski definition) is 1. The third-order valence-corrected chi connectivity index (χ3v) is 68.0. The van der Waals surface area contributed by atoms with Crippen LogP contribution in [0.4, 0.5) is 0 Å². The molecule has 10 rings (SSSR count). The fourth-order valence-electron chi connectivity index (χ4n) is 17.4. The molecule has 10 saturated heterocycles. The molecule has 1 nitrogen and oxygen atoms in total. The molecule has 1 spiro atoms. The SMILES string of the molecule is CN(C)[C]12[CH]3[CH]4[CH]5[C]1(I)[Fe]45321678[CH]2[CH]1[CH]6[CH]7[CH]28. The van der Waals surface area contributed by atoms with Crippen molar-refractivity contribution in [2.45, 2.75) is 45.3 Å². The van der Waals surface area contributed by atoms with Gasteiger partial charge >= 0.3 is 93.4 Å². The molecule has 0 aromatic rings. The quantitative estimate of drug-likeness (QED) is 0.397. The molecule has 15 heavy (non-hydrogen) atoms. The van der Waals surface area contributed by atoms with Crippen molar-refractivity contribution in [2.75, 3.05) is 14.1 Å². The monoisotopic (exact) mass is 355 g/mol. The average Bonchev–Trinajstić information content (AvgIpc) is 3.10. The van der Waals surface area contributed by atoms with Crippen LogP contribution in [0.1, 0.15) is 0 Å². The molecule has 0 saturated carbocycles. The molecule has 0 radical (unpaired) electrons. The van der Waals surface area contributed by atoms with Crippen LogP contribution in [0.5, 0.6) is 0 Å². The number of fused-ring (bicyclic) bond motifs is 10. The summed E-state index contributed by atoms with van der Waals surface area (Å²) in [6, 6.07) is 0. The summed E-state index contributed by atoms with van der Waals surface area (Å²) in [5, 5.41) is 0. The Hall–Kier alpha value is 1.21. The van der Waals surface area contributed by atoms with Gasteiger partial charge in [-0.3, -0.25) is 0 Å². The first kappa shape index (κ1) is 5.90. The van der Waals surface area contributed by atoms with Gasteiger partial charge in [0.2, 0.25) is 0 Å². The third kappa shape index (κ3) is 0.0484. The van der Waals surface area contributed by atoms with E-state index in [1.54, 1.807) is 0 Å². The van der Waals surface area contributed by atoms with Gasteiger partial charge in [0.05, 0.1) is 0 Å². The minimum absolute atomic E-state index is 0.951. The van der Waals surface area contributed by atoms with Gasteiger partial charge in [0.15, 0.2) is 0 Å². The summed E-state index contributed by atoms with van der Waals surface area (Å²) in [5.74, 6) is 0. The van der Waals surface area contributed by atoms with Gasteiger partial charge in [0, 0.05) is 0 Å². The van der Waals surface area contributed by atoms with Gasteiger partial charge in [-0.05, 0) is 0 Å². The van der Waals surface area contributed by atoms with E-state index in [1.807, 2.05) is 0 Å². The van der Waals surface area contributed by atoms with Crippen LogP contribution in [0.2, 0.25) is 38.5 Å². The van der Waals surface area contributed by atoms with Crippen LogP contribution in [-0.2, 0) is 6.51 Å². The molecule has 0 amide bonds. The second-order valence-corrected chi connectivity index (χ2v) is 36.4. The topological polar surface area (TPSA) is 3.24 Å². The Morgan fingerprint density at radius 1 is 0.933 bits per heavy atom. The number of halogens is 1. The van der Waals surface area contributed by atoms with Crippen molar-refractivity contribution >= 4 is 22.6 Å². The van der Waals surface area contributed by atoms with E-state index in [9.17, 15) is 0 Å². The Morgan fingerprint density at radius 3 is 1.53 bits per heavy atom. The first-order valence-electron chi connectivity index (χ1n) is 6.45. The Kier molecular flexibility index (Phi) is 0.166. The van der Waals surface area contributed by atoms with Crippen LogP contribution in [0.15, 0.2) is 0 Å². The van der Waals surface area contributed by atoms with Crippen molar-refractivity contribution in [1.82, 2.24) is 4.90 Å². The van der Waals surface area contributed by atoms with E-state index in [2.05, 4.69) is 41.6 Å². The van der Waals surface area contributed by atoms with Crippen LogP contribution in [0.3, 0.4) is 0 Å². The average molecular weight is 355 g/mol. The van der Waals surface area contributed by atoms with Gasteiger partial charge in [-0.15, -0.1) is 0 Å². The second kappa shape index (κ2) is 0.423. The molecule has 0 N–H and O–H groups in total. The third-order valence-electron chi connectivity index (χ3n) is 15.3. The van der Waals surface area contributed by atoms with Gasteiger partial charge in [0.1, 0.15) is 0 Å². The molecule has 10 aliphatic rings. The van der Waals surface area contributed by atoms with Crippen LogP contribution < -0.4 is 0 Å². The van der Waals surface area contributed by atoms with Crippen molar-refractivity contribution in [1.29, 1.82) is 0 Å². The second-order valence-electron chi connectivity index (χ2n) is 10.5. The zero-order valence-corrected chi connectivity index (χ0v) is 12.1. The van der Waals surface area contributed by atoms with E-state index in [4.69, 9.17) is 0 Å². The maximum absolute atomic E-state index is 3.09. The molecule has 0 aromatic heterocycles. The summed E-state index contributed by atoms with van der Waals surface area (Å²) < 4.78 is 1.96. The molecule has 10 heterocycles. The van der Waals surface area contributed by atoms with E-state index < -0.39 is 6.51 Å². The van der Waals surface area contributed by atoms with E-state index in [0.29, 0.717) is 0 Å². The molecule has 10 aliphatic heterocycles. The predicted molar refractivity (Wildman–Crippen MR) is 63.2 cm³/mol. The summed E-state index contributed by atoms with van der Waals surface area (Å²) in [7, 11) is 4.92. The molecule has 3 heteroatoms. The molecule has 5 unspecified atom stereocenters. The summed E-state index contributed by atoms with van der Waals surface area (Å²) in [6.07, 6.45) is 0. The van der Waals surface area contributed by atoms with Gasteiger partial charge in [-0.2, -0.15) is 0 Å². The zero-order valence-electron chi connectivity index (χ0n) is 8.80. The number of nitrogens with zero attached hydrogens (tertiary/aromatic N) is 1. The fraction of sp³-hybridized carbons (Fsp3) is 1.00. The van der Waals surface area contributed by atoms with Crippen molar-refractivity contribution in [3.63, 3.8) is 0 Å². The first-order valence-corrected chi connectivity index (χ1v) is 13.7. The molecule has 0 aliphatic carbocycles. The molecule has 10 fully saturated rings. The molecule has 82 valence electrons. The Labute approximate surface area is 92.8 Å². The van der Waals surface area contributed by atoms with Crippen LogP contribution in [-0.4, -0.2) is 25.8 Å². The van der Waals surface area contributed by atoms with E-state index in [0.717, 1.165) is 6.76 Å². The van der Waals surface area contributed by atoms with Crippen molar-refractivity contribution in [2.24, 2.45) is 0 Å². The number of rotatable bonds is 1. The summed E-state index contributed by atoms with van der Waals surface area (Å²) in [6.45, 7) is -2.85. The van der Waals surface area contributed by atoms with Crippen LogP contribution in [0, 0.1) is 0 Å². The fourth-order valence-corrected chi connectivity index (χ4v) is 110.